The second-order valence-electron chi connectivity index (χ2n) is 8.67. The second-order valence-corrected chi connectivity index (χ2v) is 8.67. The fourth-order valence-corrected chi connectivity index (χ4v) is 5.81. The highest BCUT2D eigenvalue weighted by Crippen LogP contribution is 2.61. The molecule has 1 spiro atoms. The highest BCUT2D eigenvalue weighted by molar-refractivity contribution is 5.93. The first kappa shape index (κ1) is 18.3. The van der Waals surface area contributed by atoms with Gasteiger partial charge in [-0.25, -0.2) is 0 Å². The van der Waals surface area contributed by atoms with Crippen LogP contribution in [0.3, 0.4) is 0 Å². The molecule has 0 fully saturated rings. The summed E-state index contributed by atoms with van der Waals surface area (Å²) in [7, 11) is 0. The van der Waals surface area contributed by atoms with Gasteiger partial charge in [-0.15, -0.1) is 0 Å². The average Bonchev–Trinajstić information content (AvgIpc) is 2.89. The molecule has 2 heteroatoms. The number of anilines is 5. The van der Waals surface area contributed by atoms with E-state index in [1.165, 1.54) is 39.3 Å². The minimum atomic E-state index is -0.406. The zero-order chi connectivity index (χ0) is 21.8. The van der Waals surface area contributed by atoms with Crippen molar-refractivity contribution in [3.63, 3.8) is 0 Å². The van der Waals surface area contributed by atoms with Gasteiger partial charge in [0.25, 0.3) is 0 Å². The number of hydrogen-bond donors (Lipinski definition) is 1. The molecule has 0 bridgehead atoms. The minimum absolute atomic E-state index is 0.406. The number of benzene rings is 5. The van der Waals surface area contributed by atoms with Gasteiger partial charge in [0.15, 0.2) is 0 Å². The Bertz CT molecular complexity index is 1410. The van der Waals surface area contributed by atoms with Gasteiger partial charge in [-0.2, -0.15) is 0 Å². The molecule has 156 valence electrons. The number of nitrogens with one attached hydrogen (secondary N) is 1. The molecule has 0 atom stereocenters. The number of para-hydroxylation sites is 5. The third kappa shape index (κ3) is 2.38. The van der Waals surface area contributed by atoms with E-state index in [0.717, 1.165) is 11.4 Å². The standard InChI is InChI=1S/C31H22N2/c1-2-12-22(13-3-1)33-29-20-10-6-16-25(29)31(26-17-7-11-21-30(26)33)23-14-4-8-18-27(23)32-28-19-9-5-15-24(28)31/h1-21,32H. The fraction of sp³-hybridized carbons (Fsp3) is 0.0323. The summed E-state index contributed by atoms with van der Waals surface area (Å²) in [5.74, 6) is 0. The van der Waals surface area contributed by atoms with Gasteiger partial charge in [0.1, 0.15) is 0 Å². The molecule has 0 unspecified atom stereocenters. The van der Waals surface area contributed by atoms with Crippen LogP contribution in [-0.4, -0.2) is 0 Å². The number of hydrogen-bond acceptors (Lipinski definition) is 2. The Kier molecular flexibility index (Phi) is 3.80. The highest BCUT2D eigenvalue weighted by Gasteiger charge is 2.49. The second kappa shape index (κ2) is 6.85. The van der Waals surface area contributed by atoms with Crippen molar-refractivity contribution in [1.82, 2.24) is 0 Å². The van der Waals surface area contributed by atoms with Crippen LogP contribution in [0.5, 0.6) is 0 Å². The third-order valence-electron chi connectivity index (χ3n) is 7.04. The first-order chi connectivity index (χ1) is 16.4. The minimum Gasteiger partial charge on any atom is -0.355 e. The van der Waals surface area contributed by atoms with Gasteiger partial charge >= 0.3 is 0 Å². The lowest BCUT2D eigenvalue weighted by Crippen LogP contribution is -2.40. The first-order valence-corrected chi connectivity index (χ1v) is 11.4. The average molecular weight is 423 g/mol. The number of rotatable bonds is 1. The van der Waals surface area contributed by atoms with Crippen LogP contribution in [-0.2, 0) is 5.41 Å². The maximum Gasteiger partial charge on any atom is 0.0782 e. The lowest BCUT2D eigenvalue weighted by molar-refractivity contribution is 0.727. The summed E-state index contributed by atoms with van der Waals surface area (Å²) >= 11 is 0. The quantitative estimate of drug-likeness (QED) is 0.289. The van der Waals surface area contributed by atoms with Crippen molar-refractivity contribution in [2.24, 2.45) is 0 Å². The van der Waals surface area contributed by atoms with Crippen LogP contribution < -0.4 is 10.2 Å². The lowest BCUT2D eigenvalue weighted by Gasteiger charge is -2.49. The first-order valence-electron chi connectivity index (χ1n) is 11.4. The summed E-state index contributed by atoms with van der Waals surface area (Å²) in [5, 5.41) is 3.70. The zero-order valence-electron chi connectivity index (χ0n) is 18.1. The van der Waals surface area contributed by atoms with Crippen molar-refractivity contribution < 1.29 is 0 Å². The summed E-state index contributed by atoms with van der Waals surface area (Å²) in [4.78, 5) is 2.41. The largest absolute Gasteiger partial charge is 0.355 e. The normalized spacial score (nSPS) is 14.5. The maximum atomic E-state index is 3.70. The van der Waals surface area contributed by atoms with Gasteiger partial charge in [0.05, 0.1) is 16.8 Å². The van der Waals surface area contributed by atoms with E-state index in [-0.39, 0.29) is 0 Å². The molecule has 2 heterocycles. The molecule has 2 aliphatic heterocycles. The molecule has 7 rings (SSSR count). The van der Waals surface area contributed by atoms with Crippen molar-refractivity contribution in [2.45, 2.75) is 5.41 Å². The van der Waals surface area contributed by atoms with Crippen molar-refractivity contribution in [3.05, 3.63) is 150 Å². The summed E-state index contributed by atoms with van der Waals surface area (Å²) in [6.07, 6.45) is 0. The molecular formula is C31H22N2. The van der Waals surface area contributed by atoms with Crippen LogP contribution in [0.4, 0.5) is 28.4 Å². The smallest absolute Gasteiger partial charge is 0.0782 e. The molecule has 5 aromatic rings. The van der Waals surface area contributed by atoms with Gasteiger partial charge in [-0.3, -0.25) is 0 Å². The van der Waals surface area contributed by atoms with E-state index < -0.39 is 5.41 Å². The van der Waals surface area contributed by atoms with Crippen LogP contribution in [0.2, 0.25) is 0 Å². The number of nitrogens with zero attached hydrogens (tertiary/aromatic N) is 1. The monoisotopic (exact) mass is 422 g/mol. The Labute approximate surface area is 193 Å². The predicted octanol–water partition coefficient (Wildman–Crippen LogP) is 7.91. The molecule has 2 nitrogen and oxygen atoms in total. The van der Waals surface area contributed by atoms with Gasteiger partial charge in [-0.05, 0) is 58.7 Å². The molecule has 33 heavy (non-hydrogen) atoms. The molecule has 0 radical (unpaired) electrons. The summed E-state index contributed by atoms with van der Waals surface area (Å²) < 4.78 is 0. The lowest BCUT2D eigenvalue weighted by atomic mass is 9.60. The summed E-state index contributed by atoms with van der Waals surface area (Å²) in [5.41, 5.74) is 10.7. The van der Waals surface area contributed by atoms with Crippen molar-refractivity contribution in [3.8, 4) is 0 Å². The molecular weight excluding hydrogens is 400 g/mol. The van der Waals surface area contributed by atoms with E-state index in [2.05, 4.69) is 138 Å². The summed E-state index contributed by atoms with van der Waals surface area (Å²) in [6.45, 7) is 0. The van der Waals surface area contributed by atoms with Gasteiger partial charge in [0.2, 0.25) is 0 Å². The fourth-order valence-electron chi connectivity index (χ4n) is 5.81. The topological polar surface area (TPSA) is 15.3 Å². The molecule has 0 amide bonds. The highest BCUT2D eigenvalue weighted by atomic mass is 15.2. The van der Waals surface area contributed by atoms with Crippen LogP contribution in [0.15, 0.2) is 127 Å². The molecule has 0 aliphatic carbocycles. The van der Waals surface area contributed by atoms with Gasteiger partial charge < -0.3 is 10.2 Å². The molecule has 1 N–H and O–H groups in total. The van der Waals surface area contributed by atoms with E-state index in [1.807, 2.05) is 0 Å². The third-order valence-corrected chi connectivity index (χ3v) is 7.04. The van der Waals surface area contributed by atoms with Crippen molar-refractivity contribution in [1.29, 1.82) is 0 Å². The van der Waals surface area contributed by atoms with Gasteiger partial charge in [-0.1, -0.05) is 91.0 Å². The van der Waals surface area contributed by atoms with E-state index in [0.29, 0.717) is 0 Å². The van der Waals surface area contributed by atoms with Gasteiger partial charge in [0, 0.05) is 17.1 Å². The van der Waals surface area contributed by atoms with Crippen LogP contribution in [0.25, 0.3) is 0 Å². The van der Waals surface area contributed by atoms with Crippen LogP contribution in [0.1, 0.15) is 22.3 Å². The number of fused-ring (bicyclic) bond motifs is 8. The molecule has 0 saturated carbocycles. The summed E-state index contributed by atoms with van der Waals surface area (Å²) in [6, 6.07) is 45.9. The zero-order valence-corrected chi connectivity index (χ0v) is 18.1. The van der Waals surface area contributed by atoms with E-state index in [1.54, 1.807) is 0 Å². The molecule has 0 saturated heterocycles. The molecule has 2 aliphatic rings. The molecule has 5 aromatic carbocycles. The Morgan fingerprint density at radius 3 is 1.39 bits per heavy atom. The van der Waals surface area contributed by atoms with Crippen molar-refractivity contribution in [2.75, 3.05) is 10.2 Å². The van der Waals surface area contributed by atoms with Crippen LogP contribution >= 0.6 is 0 Å². The van der Waals surface area contributed by atoms with Crippen molar-refractivity contribution >= 4 is 28.4 Å². The Morgan fingerprint density at radius 1 is 0.424 bits per heavy atom. The van der Waals surface area contributed by atoms with Crippen LogP contribution in [0, 0.1) is 0 Å². The van der Waals surface area contributed by atoms with E-state index in [9.17, 15) is 0 Å². The molecule has 0 aromatic heterocycles. The Morgan fingerprint density at radius 2 is 0.848 bits per heavy atom. The SMILES string of the molecule is c1ccc(N2c3ccccc3C3(c4ccccc4Nc4ccccc43)c3ccccc32)cc1. The van der Waals surface area contributed by atoms with E-state index in [4.69, 9.17) is 0 Å². The predicted molar refractivity (Wildman–Crippen MR) is 136 cm³/mol. The van der Waals surface area contributed by atoms with E-state index >= 15 is 0 Å². The Hall–Kier alpha value is -4.30. The Balaban J connectivity index is 1.67. The maximum absolute atomic E-state index is 3.70.